The van der Waals surface area contributed by atoms with Gasteiger partial charge in [0.2, 0.25) is 11.8 Å². The second-order valence-electron chi connectivity index (χ2n) is 13.4. The van der Waals surface area contributed by atoms with Crippen LogP contribution in [0.15, 0.2) is 92.0 Å². The summed E-state index contributed by atoms with van der Waals surface area (Å²) in [5.41, 5.74) is 1.42. The van der Waals surface area contributed by atoms with Crippen LogP contribution >= 0.6 is 11.8 Å². The van der Waals surface area contributed by atoms with Crippen molar-refractivity contribution in [3.8, 4) is 5.75 Å². The number of fused-ring (bicyclic) bond motifs is 2. The molecule has 9 heteroatoms. The van der Waals surface area contributed by atoms with Gasteiger partial charge in [-0.25, -0.2) is 0 Å². The number of anilines is 2. The predicted octanol–water partition coefficient (Wildman–Crippen LogP) is 6.47. The van der Waals surface area contributed by atoms with Gasteiger partial charge in [-0.2, -0.15) is 0 Å². The molecule has 1 N–H and O–H groups in total. The number of ether oxygens (including phenoxy) is 1. The van der Waals surface area contributed by atoms with Crippen molar-refractivity contribution in [2.24, 2.45) is 17.8 Å². The zero-order valence-electron chi connectivity index (χ0n) is 28.7. The molecule has 3 aliphatic rings. The fourth-order valence-corrected chi connectivity index (χ4v) is 10.5. The maximum atomic E-state index is 15.2. The maximum absolute atomic E-state index is 15.2. The van der Waals surface area contributed by atoms with E-state index in [0.717, 1.165) is 29.3 Å². The predicted molar refractivity (Wildman–Crippen MR) is 198 cm³/mol. The summed E-state index contributed by atoms with van der Waals surface area (Å²) < 4.78 is 4.82. The van der Waals surface area contributed by atoms with Gasteiger partial charge >= 0.3 is 0 Å². The molecule has 1 spiro atoms. The van der Waals surface area contributed by atoms with Gasteiger partial charge in [0.15, 0.2) is 0 Å². The molecule has 0 aromatic heterocycles. The van der Waals surface area contributed by atoms with Gasteiger partial charge in [-0.05, 0) is 72.9 Å². The van der Waals surface area contributed by atoms with Crippen molar-refractivity contribution in [2.45, 2.75) is 62.1 Å². The maximum Gasteiger partial charge on any atom is 0.251 e. The molecule has 6 rings (SSSR count). The van der Waals surface area contributed by atoms with Crippen molar-refractivity contribution >= 4 is 51.6 Å². The van der Waals surface area contributed by atoms with E-state index in [1.165, 1.54) is 0 Å². The lowest BCUT2D eigenvalue weighted by atomic mass is 9.70. The molecular formula is C40H47N3O5S. The summed E-state index contributed by atoms with van der Waals surface area (Å²) in [5.74, 6) is -1.24. The number of aliphatic hydroxyl groups excluding tert-OH is 1. The Morgan fingerprint density at radius 1 is 1.00 bits per heavy atom. The fraction of sp³-hybridized carbons (Fsp3) is 0.425. The van der Waals surface area contributed by atoms with Crippen molar-refractivity contribution in [3.63, 3.8) is 0 Å². The summed E-state index contributed by atoms with van der Waals surface area (Å²) in [7, 11) is 0. The first kappa shape index (κ1) is 34.8. The third-order valence-corrected chi connectivity index (χ3v) is 12.7. The number of benzene rings is 3. The quantitative estimate of drug-likeness (QED) is 0.196. The molecule has 2 unspecified atom stereocenters. The number of aliphatic hydroxyl groups is 1. The molecule has 8 nitrogen and oxygen atoms in total. The Bertz CT molecular complexity index is 1730. The van der Waals surface area contributed by atoms with E-state index < -0.39 is 28.7 Å². The fourth-order valence-electron chi connectivity index (χ4n) is 8.29. The van der Waals surface area contributed by atoms with Crippen molar-refractivity contribution in [1.29, 1.82) is 0 Å². The monoisotopic (exact) mass is 681 g/mol. The van der Waals surface area contributed by atoms with E-state index in [0.29, 0.717) is 24.5 Å². The molecular weight excluding hydrogens is 635 g/mol. The SMILES string of the molecule is C=CCN(C(=O)C1N([C@@H](CO)[C@@H](C)CC)C(=O)[C@@H]2[C@@H](C(=O)N(CC=C)c3ccc(OCC)cc3)[C@H]3CCC12S3)c1ccc2ccccc2c1. The summed E-state index contributed by atoms with van der Waals surface area (Å²) in [6.07, 6.45) is 5.48. The van der Waals surface area contributed by atoms with Gasteiger partial charge in [0.05, 0.1) is 35.8 Å². The van der Waals surface area contributed by atoms with Gasteiger partial charge in [-0.1, -0.05) is 62.8 Å². The Labute approximate surface area is 293 Å². The molecule has 2 bridgehead atoms. The molecule has 3 fully saturated rings. The molecule has 7 atom stereocenters. The van der Waals surface area contributed by atoms with Crippen LogP contribution < -0.4 is 14.5 Å². The van der Waals surface area contributed by atoms with Crippen LogP contribution in [0.5, 0.6) is 5.75 Å². The molecule has 3 amide bonds. The molecule has 258 valence electrons. The minimum atomic E-state index is -0.853. The van der Waals surface area contributed by atoms with Crippen LogP contribution in [0.25, 0.3) is 10.8 Å². The van der Waals surface area contributed by atoms with E-state index in [1.807, 2.05) is 87.5 Å². The van der Waals surface area contributed by atoms with Gasteiger partial charge in [-0.3, -0.25) is 14.4 Å². The summed E-state index contributed by atoms with van der Waals surface area (Å²) >= 11 is 1.64. The van der Waals surface area contributed by atoms with Crippen LogP contribution in [-0.2, 0) is 14.4 Å². The van der Waals surface area contributed by atoms with Crippen LogP contribution in [0, 0.1) is 17.8 Å². The Hall–Kier alpha value is -4.08. The molecule has 3 aromatic carbocycles. The van der Waals surface area contributed by atoms with E-state index in [1.54, 1.807) is 38.6 Å². The largest absolute Gasteiger partial charge is 0.494 e. The number of hydrogen-bond acceptors (Lipinski definition) is 6. The van der Waals surface area contributed by atoms with Crippen molar-refractivity contribution in [1.82, 2.24) is 4.90 Å². The van der Waals surface area contributed by atoms with Crippen LogP contribution in [0.1, 0.15) is 40.0 Å². The van der Waals surface area contributed by atoms with E-state index in [4.69, 9.17) is 4.74 Å². The Morgan fingerprint density at radius 3 is 2.29 bits per heavy atom. The van der Waals surface area contributed by atoms with Gasteiger partial charge in [-0.15, -0.1) is 24.9 Å². The highest BCUT2D eigenvalue weighted by Crippen LogP contribution is 2.67. The molecule has 3 heterocycles. The molecule has 0 radical (unpaired) electrons. The van der Waals surface area contributed by atoms with Crippen molar-refractivity contribution in [3.05, 3.63) is 92.0 Å². The Balaban J connectivity index is 1.43. The van der Waals surface area contributed by atoms with Crippen LogP contribution in [0.3, 0.4) is 0 Å². The van der Waals surface area contributed by atoms with Crippen LogP contribution in [-0.4, -0.2) is 76.1 Å². The molecule has 3 aromatic rings. The van der Waals surface area contributed by atoms with E-state index in [2.05, 4.69) is 13.2 Å². The van der Waals surface area contributed by atoms with Gasteiger partial charge < -0.3 is 24.5 Å². The second-order valence-corrected chi connectivity index (χ2v) is 15.0. The standard InChI is InChI=1S/C40H47N3O5S/c1-6-22-41(29-16-18-31(19-17-29)48-9-4)37(45)34-33-20-21-40(49-33)35(34)38(46)43(32(25-44)26(5)8-3)36(40)39(47)42(23-7-2)30-15-14-27-12-10-11-13-28(27)24-30/h6-7,10-19,24,26,32-36,44H,1-2,8-9,20-23,25H2,3-5H3/t26-,32-,33+,34-,35-,36?,40?/m0/s1. The first-order chi connectivity index (χ1) is 23.7. The molecule has 3 aliphatic heterocycles. The zero-order chi connectivity index (χ0) is 34.9. The Morgan fingerprint density at radius 2 is 1.65 bits per heavy atom. The average Bonchev–Trinajstić information content (AvgIpc) is 3.77. The number of carbonyl (C=O) groups is 3. The minimum absolute atomic E-state index is 0.0644. The number of nitrogens with zero attached hydrogens (tertiary/aromatic N) is 3. The highest BCUT2D eigenvalue weighted by molar-refractivity contribution is 8.02. The van der Waals surface area contributed by atoms with Crippen LogP contribution in [0.2, 0.25) is 0 Å². The third-order valence-electron chi connectivity index (χ3n) is 10.8. The topological polar surface area (TPSA) is 90.4 Å². The molecule has 0 aliphatic carbocycles. The number of thioether (sulfide) groups is 1. The normalized spacial score (nSPS) is 25.1. The highest BCUT2D eigenvalue weighted by Gasteiger charge is 2.75. The van der Waals surface area contributed by atoms with E-state index >= 15 is 4.79 Å². The number of amides is 3. The number of hydrogen-bond donors (Lipinski definition) is 1. The van der Waals surface area contributed by atoms with Gasteiger partial charge in [0.25, 0.3) is 5.91 Å². The van der Waals surface area contributed by atoms with Crippen molar-refractivity contribution in [2.75, 3.05) is 36.1 Å². The first-order valence-corrected chi connectivity index (χ1v) is 18.3. The molecule has 0 saturated carbocycles. The van der Waals surface area contributed by atoms with E-state index in [9.17, 15) is 14.7 Å². The third kappa shape index (κ3) is 5.95. The summed E-state index contributed by atoms with van der Waals surface area (Å²) in [5, 5.41) is 12.8. The second kappa shape index (κ2) is 14.4. The average molecular weight is 682 g/mol. The zero-order valence-corrected chi connectivity index (χ0v) is 29.5. The number of rotatable bonds is 14. The lowest BCUT2D eigenvalue weighted by Gasteiger charge is -2.41. The summed E-state index contributed by atoms with van der Waals surface area (Å²) in [6.45, 7) is 14.6. The first-order valence-electron chi connectivity index (χ1n) is 17.4. The van der Waals surface area contributed by atoms with Gasteiger partial charge in [0.1, 0.15) is 11.8 Å². The van der Waals surface area contributed by atoms with E-state index in [-0.39, 0.29) is 48.6 Å². The van der Waals surface area contributed by atoms with Gasteiger partial charge in [0, 0.05) is 29.7 Å². The molecule has 49 heavy (non-hydrogen) atoms. The number of likely N-dealkylation sites (tertiary alicyclic amines) is 1. The summed E-state index contributed by atoms with van der Waals surface area (Å²) in [6, 6.07) is 19.9. The highest BCUT2D eigenvalue weighted by atomic mass is 32.2. The van der Waals surface area contributed by atoms with Crippen molar-refractivity contribution < 1.29 is 24.2 Å². The molecule has 3 saturated heterocycles. The number of carbonyl (C=O) groups excluding carboxylic acids is 3. The lowest BCUT2D eigenvalue weighted by Crippen LogP contribution is -2.58. The summed E-state index contributed by atoms with van der Waals surface area (Å²) in [4.78, 5) is 49.9. The smallest absolute Gasteiger partial charge is 0.251 e. The minimum Gasteiger partial charge on any atom is -0.494 e. The Kier molecular flexibility index (Phi) is 10.2. The lowest BCUT2D eigenvalue weighted by molar-refractivity contribution is -0.143. The van der Waals surface area contributed by atoms with Crippen LogP contribution in [0.4, 0.5) is 11.4 Å².